The first kappa shape index (κ1) is 17.5. The quantitative estimate of drug-likeness (QED) is 0.814. The molecule has 1 unspecified atom stereocenters. The molecule has 0 spiro atoms. The van der Waals surface area contributed by atoms with Gasteiger partial charge in [0, 0.05) is 32.0 Å². The Hall–Kier alpha value is -1.60. The lowest BCUT2D eigenvalue weighted by molar-refractivity contribution is -0.167. The molecule has 0 bridgehead atoms. The summed E-state index contributed by atoms with van der Waals surface area (Å²) in [7, 11) is 1.62. The maximum absolute atomic E-state index is 12.2. The lowest BCUT2D eigenvalue weighted by Crippen LogP contribution is -2.30. The number of anilines is 1. The smallest absolute Gasteiger partial charge is 0.385 e. The molecule has 0 saturated heterocycles. The largest absolute Gasteiger partial charge is 0.471 e. The first-order valence-corrected chi connectivity index (χ1v) is 6.52. The predicted molar refractivity (Wildman–Crippen MR) is 73.9 cm³/mol. The lowest BCUT2D eigenvalue weighted by Gasteiger charge is -2.14. The second kappa shape index (κ2) is 7.99. The lowest BCUT2D eigenvalue weighted by atomic mass is 10.1. The number of carbonyl (C=O) groups excluding carboxylic acids is 1. The van der Waals surface area contributed by atoms with Crippen molar-refractivity contribution in [1.82, 2.24) is 5.32 Å². The number of nitrogens with one attached hydrogen (secondary N) is 2. The molecule has 7 heteroatoms. The van der Waals surface area contributed by atoms with Crippen molar-refractivity contribution in [3.8, 4) is 0 Å². The Balaban J connectivity index is 2.54. The number of carbonyl (C=O) groups is 1. The fourth-order valence-corrected chi connectivity index (χ4v) is 1.65. The summed E-state index contributed by atoms with van der Waals surface area (Å²) in [5.74, 6) is -1.97. The number of alkyl halides is 3. The van der Waals surface area contributed by atoms with Crippen molar-refractivity contribution >= 4 is 11.6 Å². The minimum atomic E-state index is -4.89. The zero-order chi connectivity index (χ0) is 15.9. The molecule has 1 amide bonds. The number of rotatable bonds is 7. The van der Waals surface area contributed by atoms with Crippen molar-refractivity contribution in [2.75, 3.05) is 19.0 Å². The molecule has 2 N–H and O–H groups in total. The minimum Gasteiger partial charge on any atom is -0.385 e. The minimum absolute atomic E-state index is 0.126. The maximum Gasteiger partial charge on any atom is 0.471 e. The standard InChI is InChI=1S/C14H19F3N2O2/c1-10(6-7-21-2)18-9-11-4-3-5-12(8-11)19-13(20)14(15,16)17/h3-5,8,10,18H,6-7,9H2,1-2H3,(H,19,20). The maximum atomic E-state index is 12.2. The number of hydrogen-bond donors (Lipinski definition) is 2. The molecule has 0 fully saturated rings. The number of benzene rings is 1. The molecule has 4 nitrogen and oxygen atoms in total. The third-order valence-electron chi connectivity index (χ3n) is 2.85. The summed E-state index contributed by atoms with van der Waals surface area (Å²) in [6, 6.07) is 6.53. The van der Waals surface area contributed by atoms with Crippen molar-refractivity contribution < 1.29 is 22.7 Å². The number of amides is 1. The monoisotopic (exact) mass is 304 g/mol. The van der Waals surface area contributed by atoms with Crippen LogP contribution in [0.15, 0.2) is 24.3 Å². The molecule has 0 radical (unpaired) electrons. The summed E-state index contributed by atoms with van der Waals surface area (Å²) in [4.78, 5) is 10.9. The average molecular weight is 304 g/mol. The Morgan fingerprint density at radius 1 is 1.38 bits per heavy atom. The average Bonchev–Trinajstić information content (AvgIpc) is 2.42. The number of methoxy groups -OCH3 is 1. The number of hydrogen-bond acceptors (Lipinski definition) is 3. The SMILES string of the molecule is COCCC(C)NCc1cccc(NC(=O)C(F)(F)F)c1. The Labute approximate surface area is 121 Å². The van der Waals surface area contributed by atoms with Crippen LogP contribution < -0.4 is 10.6 Å². The normalized spacial score (nSPS) is 13.0. The zero-order valence-corrected chi connectivity index (χ0v) is 12.0. The van der Waals surface area contributed by atoms with Gasteiger partial charge in [-0.3, -0.25) is 4.79 Å². The van der Waals surface area contributed by atoms with Crippen LogP contribution in [0.5, 0.6) is 0 Å². The van der Waals surface area contributed by atoms with Gasteiger partial charge in [0.2, 0.25) is 0 Å². The molecule has 0 aliphatic carbocycles. The fraction of sp³-hybridized carbons (Fsp3) is 0.500. The van der Waals surface area contributed by atoms with Crippen LogP contribution in [0, 0.1) is 0 Å². The summed E-state index contributed by atoms with van der Waals surface area (Å²) in [6.45, 7) is 3.13. The Bertz CT molecular complexity index is 464. The van der Waals surface area contributed by atoms with Gasteiger partial charge in [-0.1, -0.05) is 12.1 Å². The van der Waals surface area contributed by atoms with Crippen LogP contribution in [0.25, 0.3) is 0 Å². The van der Waals surface area contributed by atoms with Crippen molar-refractivity contribution in [2.24, 2.45) is 0 Å². The fourth-order valence-electron chi connectivity index (χ4n) is 1.65. The van der Waals surface area contributed by atoms with E-state index in [4.69, 9.17) is 4.74 Å². The molecule has 0 aromatic heterocycles. The highest BCUT2D eigenvalue weighted by molar-refractivity contribution is 5.94. The zero-order valence-electron chi connectivity index (χ0n) is 12.0. The van der Waals surface area contributed by atoms with E-state index < -0.39 is 12.1 Å². The van der Waals surface area contributed by atoms with Crippen molar-refractivity contribution in [1.29, 1.82) is 0 Å². The van der Waals surface area contributed by atoms with E-state index in [1.807, 2.05) is 12.2 Å². The van der Waals surface area contributed by atoms with E-state index in [0.29, 0.717) is 13.2 Å². The van der Waals surface area contributed by atoms with Crippen LogP contribution in [0.3, 0.4) is 0 Å². The summed E-state index contributed by atoms with van der Waals surface area (Å²) in [6.07, 6.45) is -4.05. The van der Waals surface area contributed by atoms with E-state index >= 15 is 0 Å². The predicted octanol–water partition coefficient (Wildman–Crippen LogP) is 2.70. The summed E-state index contributed by atoms with van der Waals surface area (Å²) >= 11 is 0. The molecule has 1 atom stereocenters. The van der Waals surface area contributed by atoms with Gasteiger partial charge in [0.1, 0.15) is 0 Å². The van der Waals surface area contributed by atoms with E-state index in [2.05, 4.69) is 5.32 Å². The molecule has 0 aliphatic heterocycles. The third-order valence-corrected chi connectivity index (χ3v) is 2.85. The second-order valence-electron chi connectivity index (χ2n) is 4.72. The molecule has 1 aromatic rings. The van der Waals surface area contributed by atoms with Gasteiger partial charge >= 0.3 is 12.1 Å². The van der Waals surface area contributed by atoms with Crippen LogP contribution in [0.1, 0.15) is 18.9 Å². The Morgan fingerprint density at radius 2 is 2.10 bits per heavy atom. The van der Waals surface area contributed by atoms with Crippen LogP contribution in [0.4, 0.5) is 18.9 Å². The molecule has 0 heterocycles. The summed E-state index contributed by atoms with van der Waals surface area (Å²) in [5, 5.41) is 5.06. The molecule has 1 rings (SSSR count). The highest BCUT2D eigenvalue weighted by Gasteiger charge is 2.38. The van der Waals surface area contributed by atoms with Gasteiger partial charge in [-0.2, -0.15) is 13.2 Å². The van der Waals surface area contributed by atoms with Crippen molar-refractivity contribution in [3.05, 3.63) is 29.8 Å². The Morgan fingerprint density at radius 3 is 2.71 bits per heavy atom. The van der Waals surface area contributed by atoms with Gasteiger partial charge in [-0.15, -0.1) is 0 Å². The number of halogens is 3. The Kier molecular flexibility index (Phi) is 6.64. The highest BCUT2D eigenvalue weighted by Crippen LogP contribution is 2.19. The van der Waals surface area contributed by atoms with Gasteiger partial charge in [0.05, 0.1) is 0 Å². The first-order chi connectivity index (χ1) is 9.82. The van der Waals surface area contributed by atoms with Crippen LogP contribution in [-0.4, -0.2) is 31.8 Å². The van der Waals surface area contributed by atoms with Crippen molar-refractivity contribution in [3.63, 3.8) is 0 Å². The second-order valence-corrected chi connectivity index (χ2v) is 4.72. The van der Waals surface area contributed by atoms with E-state index in [1.165, 1.54) is 12.1 Å². The van der Waals surface area contributed by atoms with Gasteiger partial charge in [-0.25, -0.2) is 0 Å². The molecular formula is C14H19F3N2O2. The van der Waals surface area contributed by atoms with E-state index in [9.17, 15) is 18.0 Å². The summed E-state index contributed by atoms with van der Waals surface area (Å²) in [5.41, 5.74) is 0.917. The van der Waals surface area contributed by atoms with Crippen LogP contribution in [-0.2, 0) is 16.1 Å². The van der Waals surface area contributed by atoms with E-state index in [1.54, 1.807) is 19.2 Å². The van der Waals surface area contributed by atoms with Crippen LogP contribution in [0.2, 0.25) is 0 Å². The molecule has 1 aromatic carbocycles. The first-order valence-electron chi connectivity index (χ1n) is 6.52. The van der Waals surface area contributed by atoms with Gasteiger partial charge in [-0.05, 0) is 31.0 Å². The molecule has 0 aliphatic rings. The van der Waals surface area contributed by atoms with Crippen LogP contribution >= 0.6 is 0 Å². The molecule has 21 heavy (non-hydrogen) atoms. The van der Waals surface area contributed by atoms with Crippen molar-refractivity contribution in [2.45, 2.75) is 32.1 Å². The highest BCUT2D eigenvalue weighted by atomic mass is 19.4. The summed E-state index contributed by atoms with van der Waals surface area (Å²) < 4.78 is 41.5. The molecular weight excluding hydrogens is 285 g/mol. The van der Waals surface area contributed by atoms with Gasteiger partial charge in [0.25, 0.3) is 0 Å². The van der Waals surface area contributed by atoms with E-state index in [-0.39, 0.29) is 11.7 Å². The third kappa shape index (κ3) is 6.59. The van der Waals surface area contributed by atoms with Gasteiger partial charge in [0.15, 0.2) is 0 Å². The molecule has 0 saturated carbocycles. The van der Waals surface area contributed by atoms with E-state index in [0.717, 1.165) is 12.0 Å². The number of ether oxygens (including phenoxy) is 1. The topological polar surface area (TPSA) is 50.4 Å². The van der Waals surface area contributed by atoms with Gasteiger partial charge < -0.3 is 15.4 Å². The molecule has 118 valence electrons.